The Morgan fingerprint density at radius 3 is 1.77 bits per heavy atom. The number of hydrogen-bond acceptors (Lipinski definition) is 10. The number of aromatic nitrogens is 4. The maximum Gasteiger partial charge on any atom is 0.407 e. The molecule has 302 valence electrons. The molecule has 0 bridgehead atoms. The number of amides is 4. The van der Waals surface area contributed by atoms with E-state index in [9.17, 15) is 19.2 Å². The summed E-state index contributed by atoms with van der Waals surface area (Å²) in [4.78, 5) is 70.2. The van der Waals surface area contributed by atoms with E-state index >= 15 is 4.39 Å². The molecule has 57 heavy (non-hydrogen) atoms. The van der Waals surface area contributed by atoms with E-state index in [1.807, 2.05) is 33.8 Å². The Labute approximate surface area is 328 Å². The summed E-state index contributed by atoms with van der Waals surface area (Å²) in [6.45, 7) is 8.45. The van der Waals surface area contributed by atoms with Gasteiger partial charge in [-0.3, -0.25) is 9.59 Å². The van der Waals surface area contributed by atoms with Crippen LogP contribution in [0.3, 0.4) is 0 Å². The van der Waals surface area contributed by atoms with Crippen molar-refractivity contribution in [1.29, 1.82) is 0 Å². The molecule has 5 heterocycles. The van der Waals surface area contributed by atoms with Gasteiger partial charge in [0.2, 0.25) is 11.8 Å². The second-order valence-electron chi connectivity index (χ2n) is 15.1. The lowest BCUT2D eigenvalue weighted by Crippen LogP contribution is -2.51. The number of rotatable bonds is 10. The Morgan fingerprint density at radius 1 is 0.737 bits per heavy atom. The van der Waals surface area contributed by atoms with Crippen LogP contribution in [0, 0.1) is 17.7 Å². The molecule has 0 spiro atoms. The van der Waals surface area contributed by atoms with Crippen LogP contribution in [-0.2, 0) is 19.1 Å². The zero-order valence-corrected chi connectivity index (χ0v) is 32.7. The number of aromatic amines is 2. The molecule has 7 rings (SSSR count). The number of imidazole rings is 2. The van der Waals surface area contributed by atoms with E-state index in [0.29, 0.717) is 66.2 Å². The van der Waals surface area contributed by atoms with Crippen molar-refractivity contribution < 1.29 is 42.5 Å². The van der Waals surface area contributed by atoms with Gasteiger partial charge in [-0.2, -0.15) is 0 Å². The fourth-order valence-electron chi connectivity index (χ4n) is 7.66. The number of likely N-dealkylation sites (tertiary alicyclic amines) is 2. The summed E-state index contributed by atoms with van der Waals surface area (Å²) in [6, 6.07) is 5.99. The molecule has 4 amide bonds. The molecule has 2 saturated heterocycles. The van der Waals surface area contributed by atoms with E-state index in [-0.39, 0.29) is 47.0 Å². The molecule has 4 atom stereocenters. The third-order valence-corrected chi connectivity index (χ3v) is 10.7. The molecule has 16 nitrogen and oxygen atoms in total. The molecular weight excluding hydrogens is 739 g/mol. The summed E-state index contributed by atoms with van der Waals surface area (Å²) in [5.74, 6) is 1.10. The second kappa shape index (κ2) is 16.2. The van der Waals surface area contributed by atoms with Gasteiger partial charge in [-0.25, -0.2) is 23.9 Å². The van der Waals surface area contributed by atoms with Gasteiger partial charge in [0.25, 0.3) is 0 Å². The van der Waals surface area contributed by atoms with Gasteiger partial charge in [0, 0.05) is 30.3 Å². The predicted molar refractivity (Wildman–Crippen MR) is 204 cm³/mol. The van der Waals surface area contributed by atoms with Crippen molar-refractivity contribution in [3.8, 4) is 45.5 Å². The van der Waals surface area contributed by atoms with E-state index in [1.54, 1.807) is 34.2 Å². The van der Waals surface area contributed by atoms with Crippen LogP contribution >= 0.6 is 0 Å². The number of carbonyl (C=O) groups excluding carboxylic acids is 4. The lowest BCUT2D eigenvalue weighted by Gasteiger charge is -2.30. The second-order valence-corrected chi connectivity index (χ2v) is 15.1. The number of halogens is 1. The average Bonchev–Trinajstić information content (AvgIpc) is 4.03. The van der Waals surface area contributed by atoms with Crippen LogP contribution in [-0.4, -0.2) is 93.1 Å². The number of H-pyrrole nitrogens is 2. The molecule has 17 heteroatoms. The summed E-state index contributed by atoms with van der Waals surface area (Å²) < 4.78 is 37.6. The van der Waals surface area contributed by atoms with Gasteiger partial charge < -0.3 is 49.3 Å². The fourth-order valence-corrected chi connectivity index (χ4v) is 7.66. The maximum atomic E-state index is 15.8. The Balaban J connectivity index is 1.06. The molecule has 3 aliphatic heterocycles. The maximum absolute atomic E-state index is 15.8. The van der Waals surface area contributed by atoms with E-state index < -0.39 is 30.1 Å². The lowest BCUT2D eigenvalue weighted by molar-refractivity contribution is -0.136. The van der Waals surface area contributed by atoms with Gasteiger partial charge in [0.05, 0.1) is 50.1 Å². The first kappa shape index (κ1) is 39.1. The van der Waals surface area contributed by atoms with Gasteiger partial charge in [0.1, 0.15) is 29.5 Å². The third kappa shape index (κ3) is 7.82. The molecule has 0 aliphatic carbocycles. The minimum Gasteiger partial charge on any atom is -0.453 e. The van der Waals surface area contributed by atoms with Crippen LogP contribution in [0.4, 0.5) is 14.0 Å². The number of benzene rings is 2. The Kier molecular flexibility index (Phi) is 11.1. The molecular formula is C40H47FN8O8. The highest BCUT2D eigenvalue weighted by Gasteiger charge is 2.39. The van der Waals surface area contributed by atoms with Crippen LogP contribution < -0.4 is 20.1 Å². The standard InChI is InChI=1S/C40H47FN8O8/c1-20(2)33(46-39(52)54-5)37(50)48-13-7-9-27(48)35-42-18-25(44-35)22-11-12-29-30(15-22)57-32-17-24(41)23(16-31(32)56-29)26-19-43-36(45-26)28-10-8-14-49(28)38(51)34(21(3)4)47-40(53)55-6/h11-12,15-21,27-28,33-34H,7-10,13-14H2,1-6H3,(H,42,44)(H,43,45)(H,46,52)(H,47,53)/t27-,28-,33-,34-/m0/s1. The summed E-state index contributed by atoms with van der Waals surface area (Å²) >= 11 is 0. The first-order valence-electron chi connectivity index (χ1n) is 19.1. The molecule has 4 aromatic rings. The molecule has 2 aromatic carbocycles. The van der Waals surface area contributed by atoms with Gasteiger partial charge in [-0.1, -0.05) is 27.7 Å². The van der Waals surface area contributed by atoms with E-state index in [4.69, 9.17) is 18.9 Å². The Hall–Kier alpha value is -6.13. The first-order chi connectivity index (χ1) is 27.4. The van der Waals surface area contributed by atoms with Gasteiger partial charge in [-0.15, -0.1) is 0 Å². The van der Waals surface area contributed by atoms with Crippen LogP contribution in [0.25, 0.3) is 22.5 Å². The van der Waals surface area contributed by atoms with Crippen molar-refractivity contribution in [2.75, 3.05) is 27.3 Å². The highest BCUT2D eigenvalue weighted by atomic mass is 19.1. The minimum atomic E-state index is -0.777. The number of alkyl carbamates (subject to hydrolysis) is 2. The number of methoxy groups -OCH3 is 2. The van der Waals surface area contributed by atoms with Crippen molar-refractivity contribution >= 4 is 24.0 Å². The zero-order chi connectivity index (χ0) is 40.5. The van der Waals surface area contributed by atoms with E-state index in [2.05, 4.69) is 30.6 Å². The van der Waals surface area contributed by atoms with Crippen LogP contribution in [0.15, 0.2) is 42.7 Å². The predicted octanol–water partition coefficient (Wildman–Crippen LogP) is 6.59. The van der Waals surface area contributed by atoms with Crippen molar-refractivity contribution in [3.05, 3.63) is 60.2 Å². The summed E-state index contributed by atoms with van der Waals surface area (Å²) in [6.07, 6.45) is 4.76. The molecule has 4 N–H and O–H groups in total. The topological polar surface area (TPSA) is 193 Å². The summed E-state index contributed by atoms with van der Waals surface area (Å²) in [5, 5.41) is 5.30. The molecule has 0 radical (unpaired) electrons. The highest BCUT2D eigenvalue weighted by molar-refractivity contribution is 5.87. The fraction of sp³-hybridized carbons (Fsp3) is 0.450. The summed E-state index contributed by atoms with van der Waals surface area (Å²) in [7, 11) is 2.51. The van der Waals surface area contributed by atoms with Gasteiger partial charge >= 0.3 is 12.2 Å². The first-order valence-corrected chi connectivity index (χ1v) is 19.1. The number of ether oxygens (including phenoxy) is 4. The van der Waals surface area contributed by atoms with E-state index in [1.165, 1.54) is 26.5 Å². The van der Waals surface area contributed by atoms with Gasteiger partial charge in [-0.05, 0) is 61.8 Å². The van der Waals surface area contributed by atoms with Crippen LogP contribution in [0.2, 0.25) is 0 Å². The van der Waals surface area contributed by atoms with E-state index in [0.717, 1.165) is 18.4 Å². The van der Waals surface area contributed by atoms with Gasteiger partial charge in [0.15, 0.2) is 23.0 Å². The monoisotopic (exact) mass is 786 g/mol. The average molecular weight is 787 g/mol. The largest absolute Gasteiger partial charge is 0.453 e. The molecule has 0 unspecified atom stereocenters. The third-order valence-electron chi connectivity index (χ3n) is 10.7. The summed E-state index contributed by atoms with van der Waals surface area (Å²) in [5.41, 5.74) is 2.04. The molecule has 3 aliphatic rings. The lowest BCUT2D eigenvalue weighted by atomic mass is 10.0. The van der Waals surface area contributed by atoms with Crippen molar-refractivity contribution in [3.63, 3.8) is 0 Å². The number of fused-ring (bicyclic) bond motifs is 2. The minimum absolute atomic E-state index is 0.152. The van der Waals surface area contributed by atoms with Crippen molar-refractivity contribution in [2.24, 2.45) is 11.8 Å². The Morgan fingerprint density at radius 2 is 1.23 bits per heavy atom. The van der Waals surface area contributed by atoms with Crippen LogP contribution in [0.1, 0.15) is 77.1 Å². The zero-order valence-electron chi connectivity index (χ0n) is 32.7. The molecule has 2 fully saturated rings. The number of hydrogen-bond donors (Lipinski definition) is 4. The quantitative estimate of drug-likeness (QED) is 0.120. The van der Waals surface area contributed by atoms with Crippen molar-refractivity contribution in [2.45, 2.75) is 77.5 Å². The molecule has 2 aromatic heterocycles. The number of nitrogens with zero attached hydrogens (tertiary/aromatic N) is 4. The van der Waals surface area contributed by atoms with Crippen molar-refractivity contribution in [1.82, 2.24) is 40.4 Å². The SMILES string of the molecule is COC(=O)N[C@H](C(=O)N1CCC[C@H]1c1ncc(-c2ccc3c(c2)Oc2cc(F)c(-c4cnc([C@@H]5CCCN5C(=O)[C@@H](NC(=O)OC)C(C)C)[nH]4)cc2O3)[nH]1)C(C)C. The number of nitrogens with one attached hydrogen (secondary N) is 4. The van der Waals surface area contributed by atoms with Crippen LogP contribution in [0.5, 0.6) is 23.0 Å². The highest BCUT2D eigenvalue weighted by Crippen LogP contribution is 2.48. The number of carbonyl (C=O) groups is 4. The smallest absolute Gasteiger partial charge is 0.407 e. The Bertz CT molecular complexity index is 2170. The molecule has 0 saturated carbocycles. The normalized spacial score (nSPS) is 18.3.